The maximum absolute atomic E-state index is 4.06. The third-order valence-electron chi connectivity index (χ3n) is 0.451. The number of thioether (sulfide) groups is 1. The zero-order valence-electron chi connectivity index (χ0n) is 4.22. The third-order valence-corrected chi connectivity index (χ3v) is 1.67. The maximum Gasteiger partial charge on any atom is 0.0370 e. The second-order valence-corrected chi connectivity index (χ2v) is 2.70. The summed E-state index contributed by atoms with van der Waals surface area (Å²) in [6.07, 6.45) is 1.93. The Morgan fingerprint density at radius 2 is 2.43 bits per heavy atom. The topological polar surface area (TPSA) is 0 Å². The Kier molecular flexibility index (Phi) is 4.45. The molecule has 7 heavy (non-hydrogen) atoms. The average molecular weight is 132 g/mol. The highest BCUT2D eigenvalue weighted by atomic mass is 32.2. The van der Waals surface area contributed by atoms with Crippen molar-refractivity contribution in [2.45, 2.75) is 6.92 Å². The summed E-state index contributed by atoms with van der Waals surface area (Å²) in [6.45, 7) is 5.47. The Morgan fingerprint density at radius 3 is 2.57 bits per heavy atom. The largest absolute Gasteiger partial charge is 0.137 e. The summed E-state index contributed by atoms with van der Waals surface area (Å²) in [5, 5.41) is 1.75. The van der Waals surface area contributed by atoms with Crippen LogP contribution in [0.4, 0.5) is 0 Å². The summed E-state index contributed by atoms with van der Waals surface area (Å²) in [5.74, 6) is 0. The van der Waals surface area contributed by atoms with Gasteiger partial charge in [-0.1, -0.05) is 24.4 Å². The van der Waals surface area contributed by atoms with Crippen molar-refractivity contribution in [1.29, 1.82) is 0 Å². The first-order valence-electron chi connectivity index (χ1n) is 1.94. The molecule has 0 aliphatic carbocycles. The minimum absolute atomic E-state index is 0.995. The van der Waals surface area contributed by atoms with Crippen LogP contribution in [0.25, 0.3) is 0 Å². The van der Waals surface area contributed by atoms with Gasteiger partial charge in [0.15, 0.2) is 0 Å². The monoisotopic (exact) mass is 132 g/mol. The van der Waals surface area contributed by atoms with Gasteiger partial charge in [-0.3, -0.25) is 0 Å². The van der Waals surface area contributed by atoms with Gasteiger partial charge < -0.3 is 0 Å². The van der Waals surface area contributed by atoms with E-state index in [9.17, 15) is 0 Å². The fourth-order valence-corrected chi connectivity index (χ4v) is 0.684. The first-order valence-corrected chi connectivity index (χ1v) is 3.26. The van der Waals surface area contributed by atoms with Gasteiger partial charge in [0.25, 0.3) is 0 Å². The molecule has 0 saturated carbocycles. The van der Waals surface area contributed by atoms with Crippen LogP contribution in [-0.4, -0.2) is 0 Å². The lowest BCUT2D eigenvalue weighted by molar-refractivity contribution is 1.78. The van der Waals surface area contributed by atoms with Gasteiger partial charge in [-0.05, 0) is 12.3 Å². The van der Waals surface area contributed by atoms with Crippen LogP contribution in [0.15, 0.2) is 22.3 Å². The molecule has 0 N–H and O–H groups in total. The summed E-state index contributed by atoms with van der Waals surface area (Å²) < 4.78 is 0.995. The molecule has 0 fully saturated rings. The van der Waals surface area contributed by atoms with Crippen molar-refractivity contribution in [3.63, 3.8) is 0 Å². The van der Waals surface area contributed by atoms with Crippen LogP contribution >= 0.6 is 24.4 Å². The van der Waals surface area contributed by atoms with E-state index in [2.05, 4.69) is 19.2 Å². The highest BCUT2D eigenvalue weighted by Crippen LogP contribution is 2.18. The number of allylic oxidation sites excluding steroid dienone is 1. The minimum Gasteiger partial charge on any atom is -0.137 e. The highest BCUT2D eigenvalue weighted by Gasteiger charge is 1.78. The van der Waals surface area contributed by atoms with E-state index < -0.39 is 0 Å². The second kappa shape index (κ2) is 4.34. The molecule has 0 aliphatic rings. The second-order valence-electron chi connectivity index (χ2n) is 0.911. The van der Waals surface area contributed by atoms with Crippen LogP contribution in [0.2, 0.25) is 0 Å². The van der Waals surface area contributed by atoms with Crippen molar-refractivity contribution in [2.75, 3.05) is 0 Å². The fraction of sp³-hybridized carbons (Fsp3) is 0.200. The molecule has 0 aromatic carbocycles. The molecule has 40 valence electrons. The molecule has 0 bridgehead atoms. The first kappa shape index (κ1) is 7.18. The fourth-order valence-electron chi connectivity index (χ4n) is 0.153. The number of hydrogen-bond donors (Lipinski definition) is 1. The summed E-state index contributed by atoms with van der Waals surface area (Å²) in [4.78, 5) is 0. The van der Waals surface area contributed by atoms with E-state index in [0.29, 0.717) is 0 Å². The molecule has 0 aromatic rings. The normalized spacial score (nSPS) is 11.4. The van der Waals surface area contributed by atoms with Crippen LogP contribution in [0.3, 0.4) is 0 Å². The molecule has 0 aliphatic heterocycles. The maximum atomic E-state index is 4.06. The van der Waals surface area contributed by atoms with Crippen molar-refractivity contribution < 1.29 is 0 Å². The zero-order valence-corrected chi connectivity index (χ0v) is 5.93. The molecular weight excluding hydrogens is 124 g/mol. The molecule has 0 unspecified atom stereocenters. The predicted molar refractivity (Wildman–Crippen MR) is 40.5 cm³/mol. The van der Waals surface area contributed by atoms with Gasteiger partial charge in [0, 0.05) is 4.24 Å². The van der Waals surface area contributed by atoms with Crippen LogP contribution in [0.1, 0.15) is 6.92 Å². The van der Waals surface area contributed by atoms with Gasteiger partial charge in [0.05, 0.1) is 0 Å². The van der Waals surface area contributed by atoms with Gasteiger partial charge >= 0.3 is 0 Å². The molecule has 0 radical (unpaired) electrons. The van der Waals surface area contributed by atoms with Gasteiger partial charge in [-0.2, -0.15) is 0 Å². The van der Waals surface area contributed by atoms with Gasteiger partial charge in [0.2, 0.25) is 0 Å². The quantitative estimate of drug-likeness (QED) is 0.564. The number of rotatable bonds is 2. The van der Waals surface area contributed by atoms with Gasteiger partial charge in [-0.25, -0.2) is 0 Å². The summed E-state index contributed by atoms with van der Waals surface area (Å²) in [7, 11) is 0. The Balaban J connectivity index is 3.36. The molecule has 0 nitrogen and oxygen atoms in total. The highest BCUT2D eigenvalue weighted by molar-refractivity contribution is 8.17. The number of hydrogen-bond acceptors (Lipinski definition) is 2. The van der Waals surface area contributed by atoms with E-state index in [1.807, 2.05) is 13.0 Å². The first-order chi connectivity index (χ1) is 3.31. The van der Waals surface area contributed by atoms with Crippen molar-refractivity contribution >= 4 is 24.4 Å². The molecule has 0 spiro atoms. The summed E-state index contributed by atoms with van der Waals surface area (Å²) >= 11 is 5.58. The lowest BCUT2D eigenvalue weighted by atomic mass is 10.8. The van der Waals surface area contributed by atoms with E-state index in [1.165, 1.54) is 11.8 Å². The molecular formula is C5H8S2. The molecule has 0 heterocycles. The minimum atomic E-state index is 0.995. The summed E-state index contributed by atoms with van der Waals surface area (Å²) in [6, 6.07) is 0. The van der Waals surface area contributed by atoms with Crippen LogP contribution < -0.4 is 0 Å². The van der Waals surface area contributed by atoms with Crippen molar-refractivity contribution in [3.05, 3.63) is 22.3 Å². The van der Waals surface area contributed by atoms with Crippen molar-refractivity contribution in [3.8, 4) is 0 Å². The van der Waals surface area contributed by atoms with E-state index in [-0.39, 0.29) is 0 Å². The Morgan fingerprint density at radius 1 is 1.86 bits per heavy atom. The number of thiol groups is 1. The SMILES string of the molecule is C=CS/C(S)=C\C. The van der Waals surface area contributed by atoms with Gasteiger partial charge in [0.1, 0.15) is 0 Å². The lowest BCUT2D eigenvalue weighted by Gasteiger charge is -1.85. The van der Waals surface area contributed by atoms with Crippen LogP contribution in [0.5, 0.6) is 0 Å². The molecule has 0 aromatic heterocycles. The van der Waals surface area contributed by atoms with Gasteiger partial charge in [-0.15, -0.1) is 12.6 Å². The Bertz CT molecular complexity index is 84.1. The summed E-state index contributed by atoms with van der Waals surface area (Å²) in [5.41, 5.74) is 0. The van der Waals surface area contributed by atoms with Crippen LogP contribution in [-0.2, 0) is 0 Å². The molecule has 0 rings (SSSR count). The van der Waals surface area contributed by atoms with E-state index in [1.54, 1.807) is 5.41 Å². The van der Waals surface area contributed by atoms with Crippen LogP contribution in [0, 0.1) is 0 Å². The van der Waals surface area contributed by atoms with E-state index in [0.717, 1.165) is 4.24 Å². The molecule has 0 atom stereocenters. The molecule has 0 amide bonds. The molecule has 2 heteroatoms. The van der Waals surface area contributed by atoms with E-state index in [4.69, 9.17) is 0 Å². The Hall–Kier alpha value is 0.180. The third kappa shape index (κ3) is 4.02. The average Bonchev–Trinajstić information content (AvgIpc) is 1.68. The lowest BCUT2D eigenvalue weighted by Crippen LogP contribution is -1.50. The predicted octanol–water partition coefficient (Wildman–Crippen LogP) is 2.65. The van der Waals surface area contributed by atoms with Crippen molar-refractivity contribution in [2.24, 2.45) is 0 Å². The van der Waals surface area contributed by atoms with E-state index >= 15 is 0 Å². The smallest absolute Gasteiger partial charge is 0.0370 e. The Labute approximate surface area is 54.1 Å². The zero-order chi connectivity index (χ0) is 5.70. The standard InChI is InChI=1S/C5H8S2/c1-3-5(6)7-4-2/h3-4,6H,2H2,1H3/b5-3-. The molecule has 0 saturated heterocycles. The van der Waals surface area contributed by atoms with Crippen molar-refractivity contribution in [1.82, 2.24) is 0 Å².